The Labute approximate surface area is 120 Å². The van der Waals surface area contributed by atoms with E-state index in [2.05, 4.69) is 0 Å². The van der Waals surface area contributed by atoms with Crippen LogP contribution in [0.15, 0.2) is 36.4 Å². The molecule has 0 bridgehead atoms. The van der Waals surface area contributed by atoms with Crippen LogP contribution in [0.4, 0.5) is 0 Å². The smallest absolute Gasteiger partial charge is 0.336 e. The van der Waals surface area contributed by atoms with Crippen molar-refractivity contribution < 1.29 is 19.8 Å². The van der Waals surface area contributed by atoms with Crippen molar-refractivity contribution in [3.05, 3.63) is 58.7 Å². The van der Waals surface area contributed by atoms with Crippen molar-refractivity contribution in [3.8, 4) is 17.2 Å². The Morgan fingerprint density at radius 3 is 2.05 bits per heavy atom. The normalized spacial score (nSPS) is 9.90. The fourth-order valence-electron chi connectivity index (χ4n) is 2.08. The van der Waals surface area contributed by atoms with Gasteiger partial charge in [-0.3, -0.25) is 0 Å². The molecule has 0 spiro atoms. The van der Waals surface area contributed by atoms with Crippen molar-refractivity contribution in [2.24, 2.45) is 0 Å². The number of hydrogen-bond acceptors (Lipinski definition) is 3. The van der Waals surface area contributed by atoms with E-state index in [1.54, 1.807) is 31.2 Å². The maximum atomic E-state index is 11.4. The summed E-state index contributed by atoms with van der Waals surface area (Å²) in [5, 5.41) is 27.1. The first-order valence-corrected chi connectivity index (χ1v) is 6.06. The van der Waals surface area contributed by atoms with Gasteiger partial charge >= 0.3 is 11.9 Å². The fourth-order valence-corrected chi connectivity index (χ4v) is 2.08. The molecule has 0 atom stereocenters. The number of nitriles is 1. The zero-order chi connectivity index (χ0) is 15.6. The first kappa shape index (κ1) is 14.3. The van der Waals surface area contributed by atoms with E-state index in [0.29, 0.717) is 22.3 Å². The summed E-state index contributed by atoms with van der Waals surface area (Å²) in [7, 11) is 0. The molecule has 104 valence electrons. The average molecular weight is 281 g/mol. The highest BCUT2D eigenvalue weighted by Crippen LogP contribution is 2.27. The third-order valence-corrected chi connectivity index (χ3v) is 3.15. The van der Waals surface area contributed by atoms with Crippen LogP contribution in [-0.2, 0) is 0 Å². The molecule has 0 aromatic heterocycles. The lowest BCUT2D eigenvalue weighted by atomic mass is 9.94. The van der Waals surface area contributed by atoms with Crippen molar-refractivity contribution >= 4 is 11.9 Å². The number of aromatic carboxylic acids is 2. The Balaban J connectivity index is 2.67. The molecular formula is C16H11NO4. The van der Waals surface area contributed by atoms with Gasteiger partial charge in [0.05, 0.1) is 22.8 Å². The van der Waals surface area contributed by atoms with Crippen LogP contribution in [0.5, 0.6) is 0 Å². The first-order valence-electron chi connectivity index (χ1n) is 6.06. The quantitative estimate of drug-likeness (QED) is 0.901. The van der Waals surface area contributed by atoms with Gasteiger partial charge in [-0.05, 0) is 47.9 Å². The van der Waals surface area contributed by atoms with Crippen LogP contribution in [0.2, 0.25) is 0 Å². The molecule has 0 aliphatic carbocycles. The summed E-state index contributed by atoms with van der Waals surface area (Å²) < 4.78 is 0. The monoisotopic (exact) mass is 281 g/mol. The fraction of sp³-hybridized carbons (Fsp3) is 0.0625. The van der Waals surface area contributed by atoms with E-state index in [1.807, 2.05) is 6.07 Å². The van der Waals surface area contributed by atoms with Crippen LogP contribution >= 0.6 is 0 Å². The first-order chi connectivity index (χ1) is 9.93. The van der Waals surface area contributed by atoms with Gasteiger partial charge in [0, 0.05) is 0 Å². The Kier molecular flexibility index (Phi) is 3.72. The molecule has 21 heavy (non-hydrogen) atoms. The number of aryl methyl sites for hydroxylation is 1. The van der Waals surface area contributed by atoms with Gasteiger partial charge in [-0.2, -0.15) is 5.26 Å². The van der Waals surface area contributed by atoms with Crippen molar-refractivity contribution in [2.45, 2.75) is 6.92 Å². The molecule has 0 saturated heterocycles. The lowest BCUT2D eigenvalue weighted by Gasteiger charge is -2.10. The minimum Gasteiger partial charge on any atom is -0.478 e. The van der Waals surface area contributed by atoms with E-state index in [1.165, 1.54) is 6.07 Å². The van der Waals surface area contributed by atoms with Gasteiger partial charge in [0.15, 0.2) is 0 Å². The van der Waals surface area contributed by atoms with Crippen LogP contribution in [0.25, 0.3) is 11.1 Å². The van der Waals surface area contributed by atoms with E-state index in [-0.39, 0.29) is 11.1 Å². The molecule has 0 aliphatic rings. The molecule has 0 fully saturated rings. The van der Waals surface area contributed by atoms with Crippen molar-refractivity contribution in [3.63, 3.8) is 0 Å². The van der Waals surface area contributed by atoms with Crippen LogP contribution in [0, 0.1) is 18.3 Å². The highest BCUT2D eigenvalue weighted by atomic mass is 16.4. The Hall–Kier alpha value is -3.13. The van der Waals surface area contributed by atoms with Gasteiger partial charge in [0.2, 0.25) is 0 Å². The second-order valence-corrected chi connectivity index (χ2v) is 4.51. The second-order valence-electron chi connectivity index (χ2n) is 4.51. The Bertz CT molecular complexity index is 770. The van der Waals surface area contributed by atoms with E-state index in [0.717, 1.165) is 6.07 Å². The maximum Gasteiger partial charge on any atom is 0.336 e. The Morgan fingerprint density at radius 1 is 1.00 bits per heavy atom. The summed E-state index contributed by atoms with van der Waals surface area (Å²) in [6, 6.07) is 11.1. The molecule has 0 radical (unpaired) electrons. The van der Waals surface area contributed by atoms with E-state index in [9.17, 15) is 14.7 Å². The predicted octanol–water partition coefficient (Wildman–Crippen LogP) is 2.93. The molecule has 2 aromatic rings. The van der Waals surface area contributed by atoms with Crippen molar-refractivity contribution in [1.29, 1.82) is 5.26 Å². The molecule has 0 heterocycles. The number of carbonyl (C=O) groups is 2. The van der Waals surface area contributed by atoms with Gasteiger partial charge in [0.1, 0.15) is 0 Å². The number of benzene rings is 2. The molecule has 2 rings (SSSR count). The second kappa shape index (κ2) is 5.47. The summed E-state index contributed by atoms with van der Waals surface area (Å²) in [5.74, 6) is -2.36. The average Bonchev–Trinajstić information content (AvgIpc) is 2.46. The van der Waals surface area contributed by atoms with Gasteiger partial charge in [-0.25, -0.2) is 9.59 Å². The summed E-state index contributed by atoms with van der Waals surface area (Å²) in [6.45, 7) is 1.61. The number of nitrogens with zero attached hydrogens (tertiary/aromatic N) is 1. The summed E-state index contributed by atoms with van der Waals surface area (Å²) in [5.41, 5.74) is 1.87. The molecule has 2 N–H and O–H groups in total. The molecule has 5 heteroatoms. The number of rotatable bonds is 3. The number of carboxylic acids is 2. The number of hydrogen-bond donors (Lipinski definition) is 2. The summed E-state index contributed by atoms with van der Waals surface area (Å²) in [4.78, 5) is 22.5. The molecule has 2 aromatic carbocycles. The van der Waals surface area contributed by atoms with Crippen LogP contribution in [0.3, 0.4) is 0 Å². The third-order valence-electron chi connectivity index (χ3n) is 3.15. The summed E-state index contributed by atoms with van der Waals surface area (Å²) >= 11 is 0. The third kappa shape index (κ3) is 2.74. The lowest BCUT2D eigenvalue weighted by molar-refractivity contribution is 0.0695. The van der Waals surface area contributed by atoms with Gasteiger partial charge in [-0.15, -0.1) is 0 Å². The zero-order valence-electron chi connectivity index (χ0n) is 11.1. The van der Waals surface area contributed by atoms with Gasteiger partial charge in [-0.1, -0.05) is 12.1 Å². The van der Waals surface area contributed by atoms with Crippen LogP contribution in [0.1, 0.15) is 31.8 Å². The standard InChI is InChI=1S/C16H11NO4/c1-9-6-13(11-4-2-10(8-17)3-5-11)14(16(20)21)7-12(9)15(18)19/h2-7H,1H3,(H,18,19)(H,20,21). The highest BCUT2D eigenvalue weighted by molar-refractivity contribution is 6.00. The largest absolute Gasteiger partial charge is 0.478 e. The van der Waals surface area contributed by atoms with Gasteiger partial charge in [0.25, 0.3) is 0 Å². The molecule has 5 nitrogen and oxygen atoms in total. The van der Waals surface area contributed by atoms with Gasteiger partial charge < -0.3 is 10.2 Å². The topological polar surface area (TPSA) is 98.4 Å². The minimum atomic E-state index is -1.20. The number of carboxylic acid groups (broad SMARTS) is 2. The molecule has 0 unspecified atom stereocenters. The maximum absolute atomic E-state index is 11.4. The van der Waals surface area contributed by atoms with Crippen LogP contribution < -0.4 is 0 Å². The van der Waals surface area contributed by atoms with E-state index >= 15 is 0 Å². The molecular weight excluding hydrogens is 270 g/mol. The highest BCUT2D eigenvalue weighted by Gasteiger charge is 2.17. The van der Waals surface area contributed by atoms with E-state index < -0.39 is 11.9 Å². The predicted molar refractivity (Wildman–Crippen MR) is 75.2 cm³/mol. The summed E-state index contributed by atoms with van der Waals surface area (Å²) in [6.07, 6.45) is 0. The lowest BCUT2D eigenvalue weighted by Crippen LogP contribution is -2.06. The molecule has 0 aliphatic heterocycles. The Morgan fingerprint density at radius 2 is 1.57 bits per heavy atom. The molecule has 0 amide bonds. The zero-order valence-corrected chi connectivity index (χ0v) is 11.1. The SMILES string of the molecule is Cc1cc(-c2ccc(C#N)cc2)c(C(=O)O)cc1C(=O)O. The molecule has 0 saturated carbocycles. The van der Waals surface area contributed by atoms with Crippen molar-refractivity contribution in [1.82, 2.24) is 0 Å². The minimum absolute atomic E-state index is 0.0372. The van der Waals surface area contributed by atoms with E-state index in [4.69, 9.17) is 10.4 Å². The van der Waals surface area contributed by atoms with Crippen molar-refractivity contribution in [2.75, 3.05) is 0 Å². The van der Waals surface area contributed by atoms with Crippen LogP contribution in [-0.4, -0.2) is 22.2 Å².